The summed E-state index contributed by atoms with van der Waals surface area (Å²) in [5.41, 5.74) is 12.0. The van der Waals surface area contributed by atoms with E-state index >= 15 is 18.3 Å². The average Bonchev–Trinajstić information content (AvgIpc) is 1.68. The van der Waals surface area contributed by atoms with Gasteiger partial charge in [0.2, 0.25) is 0 Å². The highest BCUT2D eigenvalue weighted by Gasteiger charge is 2.37. The second kappa shape index (κ2) is 33.6. The second-order valence-corrected chi connectivity index (χ2v) is 41.3. The fraction of sp³-hybridized carbons (Fsp3) is 0.00909. The number of aromatic nitrogens is 2. The molecule has 0 fully saturated rings. The molecule has 0 bridgehead atoms. The summed E-state index contributed by atoms with van der Waals surface area (Å²) in [6.07, 6.45) is 0. The number of ether oxygens (including phenoxy) is 1. The standard InChI is InChI=1S/C38H25N3.C36H26O3P2.C36H28O3P2/c1-25-17-18-38-34(19-25)33-13-4-7-16-37(33)41(38)30-21-26(24-39)20-28(23-30)27-9-8-10-29(22-27)40-35-14-5-2-11-31(35)32-12-3-6-15-36(32)40;37-40(27-13-5-1-6-14-27,28-15-7-2-8-16-28)31-21-23-35-33(25-31)34-26-32(22-24-36(34)39-35)41(38,29-17-9-3-10-18-29)30-19-11-4-12-20-30;37-40(29-17-5-1-6-18-29,30-19-7-2-8-20-30)35-27-15-13-25-33(35)39-34-26-14-16-28-36(34)41(38,31-21-9-3-10-22-31)32-23-11-4-12-24-32/h2-23H,1H3;1-26H;1-28H. The molecule has 0 saturated carbocycles. The molecule has 0 atom stereocenters. The Bertz CT molecular complexity index is 7230. The fourth-order valence-electron chi connectivity index (χ4n) is 17.1. The Balaban J connectivity index is 0.000000121. The van der Waals surface area contributed by atoms with E-state index in [1.165, 1.54) is 38.1 Å². The second-order valence-electron chi connectivity index (χ2n) is 30.3. The maximum atomic E-state index is 15.2. The van der Waals surface area contributed by atoms with Crippen molar-refractivity contribution in [3.63, 3.8) is 0 Å². The number of benzene rings is 18. The van der Waals surface area contributed by atoms with Crippen molar-refractivity contribution in [2.24, 2.45) is 0 Å². The number of fused-ring (bicyclic) bond motifs is 9. The van der Waals surface area contributed by atoms with Crippen molar-refractivity contribution in [1.29, 1.82) is 5.26 Å². The molecular formula is C110H79N3O6P4. The van der Waals surface area contributed by atoms with E-state index in [2.05, 4.69) is 143 Å². The number of hydrogen-bond donors (Lipinski definition) is 0. The summed E-state index contributed by atoms with van der Waals surface area (Å²) in [5, 5.41) is 25.3. The molecule has 18 aromatic carbocycles. The number of nitriles is 1. The van der Waals surface area contributed by atoms with E-state index in [1.54, 1.807) is 0 Å². The minimum absolute atomic E-state index is 0.462. The van der Waals surface area contributed by atoms with Gasteiger partial charge in [0.15, 0.2) is 28.6 Å². The Labute approximate surface area is 713 Å². The van der Waals surface area contributed by atoms with E-state index in [9.17, 15) is 5.26 Å². The molecule has 0 unspecified atom stereocenters. The molecule has 13 heteroatoms. The molecule has 0 saturated heterocycles. The number of hydrogen-bond acceptors (Lipinski definition) is 7. The van der Waals surface area contributed by atoms with Gasteiger partial charge in [-0.25, -0.2) is 0 Å². The van der Waals surface area contributed by atoms with Crippen molar-refractivity contribution in [3.8, 4) is 40.1 Å². The number of aryl methyl sites for hydroxylation is 1. The van der Waals surface area contributed by atoms with Crippen LogP contribution in [0.25, 0.3) is 88.1 Å². The van der Waals surface area contributed by atoms with E-state index in [0.29, 0.717) is 38.8 Å². The third kappa shape index (κ3) is 14.5. The molecule has 590 valence electrons. The molecule has 21 aromatic rings. The Morgan fingerprint density at radius 1 is 0.252 bits per heavy atom. The normalized spacial score (nSPS) is 11.7. The summed E-state index contributed by atoms with van der Waals surface area (Å²) in [4.78, 5) is 0. The van der Waals surface area contributed by atoms with Crippen molar-refractivity contribution in [3.05, 3.63) is 472 Å². The van der Waals surface area contributed by atoms with Crippen molar-refractivity contribution in [1.82, 2.24) is 9.13 Å². The third-order valence-electron chi connectivity index (χ3n) is 22.9. The van der Waals surface area contributed by atoms with Crippen molar-refractivity contribution in [2.75, 3.05) is 0 Å². The Morgan fingerprint density at radius 2 is 0.577 bits per heavy atom. The predicted molar refractivity (Wildman–Crippen MR) is 514 cm³/mol. The molecule has 21 rings (SSSR count). The molecule has 0 spiro atoms. The number of rotatable bonds is 17. The summed E-state index contributed by atoms with van der Waals surface area (Å²) >= 11 is 0. The van der Waals surface area contributed by atoms with Crippen LogP contribution >= 0.6 is 28.6 Å². The van der Waals surface area contributed by atoms with E-state index < -0.39 is 28.6 Å². The molecule has 0 radical (unpaired) electrons. The van der Waals surface area contributed by atoms with E-state index in [1.807, 2.05) is 340 Å². The SMILES string of the molecule is Cc1ccc2c(c1)c1ccccc1n2-c1cc(C#N)cc(-c2cccc(-n3c4ccccc4c4ccccc43)c2)c1.O=P(c1ccccc1)(c1ccccc1)c1ccc2oc3ccc(P(=O)(c4ccccc4)c4ccccc4)cc3c2c1.O=P(c1ccccc1)(c1ccccc1)c1ccccc1Oc1ccccc1P(=O)(c1ccccc1)c1ccccc1. The van der Waals surface area contributed by atoms with Gasteiger partial charge in [0, 0.05) is 96.7 Å². The predicted octanol–water partition coefficient (Wildman–Crippen LogP) is 23.4. The van der Waals surface area contributed by atoms with Crippen LogP contribution in [0.2, 0.25) is 0 Å². The minimum Gasteiger partial charge on any atom is -0.456 e. The maximum absolute atomic E-state index is 15.2. The van der Waals surface area contributed by atoms with Crippen LogP contribution in [0.1, 0.15) is 11.1 Å². The Morgan fingerprint density at radius 3 is 0.967 bits per heavy atom. The maximum Gasteiger partial charge on any atom is 0.174 e. The topological polar surface area (TPSA) is 124 Å². The minimum atomic E-state index is -3.32. The zero-order valence-corrected chi connectivity index (χ0v) is 70.5. The van der Waals surface area contributed by atoms with E-state index in [0.717, 1.165) is 97.4 Å². The molecule has 123 heavy (non-hydrogen) atoms. The third-order valence-corrected chi connectivity index (χ3v) is 35.2. The summed E-state index contributed by atoms with van der Waals surface area (Å²) in [6, 6.07) is 153. The van der Waals surface area contributed by atoms with Crippen molar-refractivity contribution >= 4 is 158 Å². The molecule has 0 aliphatic heterocycles. The molecule has 0 aliphatic carbocycles. The van der Waals surface area contributed by atoms with Crippen LogP contribution in [0.3, 0.4) is 0 Å². The van der Waals surface area contributed by atoms with Crippen LogP contribution in [0.4, 0.5) is 0 Å². The highest BCUT2D eigenvalue weighted by atomic mass is 31.2. The van der Waals surface area contributed by atoms with Crippen LogP contribution in [0.5, 0.6) is 11.5 Å². The molecule has 3 heterocycles. The molecule has 9 nitrogen and oxygen atoms in total. The van der Waals surface area contributed by atoms with E-state index in [-0.39, 0.29) is 0 Å². The van der Waals surface area contributed by atoms with E-state index in [4.69, 9.17) is 9.15 Å². The zero-order chi connectivity index (χ0) is 83.5. The van der Waals surface area contributed by atoms with Gasteiger partial charge in [-0.15, -0.1) is 0 Å². The van der Waals surface area contributed by atoms with Gasteiger partial charge >= 0.3 is 0 Å². The van der Waals surface area contributed by atoms with Crippen LogP contribution in [0, 0.1) is 18.3 Å². The van der Waals surface area contributed by atoms with Crippen LogP contribution in [-0.4, -0.2) is 9.13 Å². The van der Waals surface area contributed by atoms with Gasteiger partial charge in [-0.05, 0) is 139 Å². The smallest absolute Gasteiger partial charge is 0.174 e. The average molecular weight is 1660 g/mol. The van der Waals surface area contributed by atoms with Crippen LogP contribution in [0.15, 0.2) is 465 Å². The van der Waals surface area contributed by atoms with Crippen molar-refractivity contribution < 1.29 is 27.4 Å². The number of furan rings is 1. The quantitative estimate of drug-likeness (QED) is 0.0832. The number of para-hydroxylation sites is 5. The molecular weight excluding hydrogens is 1580 g/mol. The molecule has 3 aromatic heterocycles. The molecule has 0 amide bonds. The first-order chi connectivity index (χ1) is 60.4. The van der Waals surface area contributed by atoms with Crippen molar-refractivity contribution in [2.45, 2.75) is 6.92 Å². The lowest BCUT2D eigenvalue weighted by Crippen LogP contribution is -2.27. The Hall–Kier alpha value is -14.4. The summed E-state index contributed by atoms with van der Waals surface area (Å²) < 4.78 is 78.0. The lowest BCUT2D eigenvalue weighted by molar-refractivity contribution is 0.489. The van der Waals surface area contributed by atoms with Crippen LogP contribution in [-0.2, 0) is 18.3 Å². The molecule has 0 N–H and O–H groups in total. The van der Waals surface area contributed by atoms with Gasteiger partial charge in [0.25, 0.3) is 0 Å². The summed E-state index contributed by atoms with van der Waals surface area (Å²) in [5.74, 6) is 0.923. The fourth-order valence-corrected chi connectivity index (χ4v) is 28.0. The summed E-state index contributed by atoms with van der Waals surface area (Å²) in [6.45, 7) is 2.13. The lowest BCUT2D eigenvalue weighted by atomic mass is 10.0. The lowest BCUT2D eigenvalue weighted by Gasteiger charge is -2.25. The first kappa shape index (κ1) is 78.4. The summed E-state index contributed by atoms with van der Waals surface area (Å²) in [7, 11) is -13.0. The van der Waals surface area contributed by atoms with Gasteiger partial charge < -0.3 is 36.5 Å². The largest absolute Gasteiger partial charge is 0.456 e. The zero-order valence-electron chi connectivity index (χ0n) is 67.0. The van der Waals surface area contributed by atoms with Gasteiger partial charge in [-0.3, -0.25) is 0 Å². The van der Waals surface area contributed by atoms with Gasteiger partial charge in [-0.1, -0.05) is 345 Å². The van der Waals surface area contributed by atoms with Gasteiger partial charge in [0.1, 0.15) is 22.7 Å². The number of nitrogens with zero attached hydrogens (tertiary/aromatic N) is 3. The Kier molecular flexibility index (Phi) is 21.4. The monoisotopic (exact) mass is 1660 g/mol. The highest BCUT2D eigenvalue weighted by molar-refractivity contribution is 7.86. The van der Waals surface area contributed by atoms with Gasteiger partial charge in [0.05, 0.1) is 44.3 Å². The highest BCUT2D eigenvalue weighted by Crippen LogP contribution is 2.51. The molecule has 0 aliphatic rings. The first-order valence-corrected chi connectivity index (χ1v) is 47.6. The van der Waals surface area contributed by atoms with Crippen LogP contribution < -0.4 is 68.4 Å². The first-order valence-electron chi connectivity index (χ1n) is 40.7. The van der Waals surface area contributed by atoms with Gasteiger partial charge in [-0.2, -0.15) is 5.26 Å².